The predicted octanol–water partition coefficient (Wildman–Crippen LogP) is 0.0127. The maximum Gasteiger partial charge on any atom is 0.363 e. The molecule has 170 valence electrons. The minimum absolute atomic E-state index is 0.0397. The lowest BCUT2D eigenvalue weighted by molar-refractivity contribution is -0.328. The van der Waals surface area contributed by atoms with Gasteiger partial charge in [-0.25, -0.2) is 28.9 Å². The van der Waals surface area contributed by atoms with E-state index in [1.165, 1.54) is 19.2 Å². The van der Waals surface area contributed by atoms with Crippen molar-refractivity contribution in [2.45, 2.75) is 32.1 Å². The van der Waals surface area contributed by atoms with E-state index in [2.05, 4.69) is 19.7 Å². The first-order valence-electron chi connectivity index (χ1n) is 8.56. The number of amides is 1. The van der Waals surface area contributed by atoms with E-state index >= 15 is 0 Å². The third-order valence-electron chi connectivity index (χ3n) is 4.25. The van der Waals surface area contributed by atoms with Gasteiger partial charge in [0.1, 0.15) is 5.69 Å². The Labute approximate surface area is 178 Å². The number of β-lactam (4-membered cyclic amide) rings is 1. The molecule has 4 N–H and O–H groups in total. The average molecular weight is 462 g/mol. The van der Waals surface area contributed by atoms with Crippen molar-refractivity contribution in [1.29, 1.82) is 0 Å². The number of ketones is 1. The van der Waals surface area contributed by atoms with Gasteiger partial charge in [-0.3, -0.25) is 9.59 Å². The number of anilines is 1. The zero-order chi connectivity index (χ0) is 23.3. The fraction of sp³-hybridized carbons (Fsp3) is 0.500. The molecule has 2 atom stereocenters. The molecule has 1 aromatic rings. The number of alkyl halides is 1. The highest BCUT2D eigenvalue weighted by Crippen LogP contribution is 2.40. The van der Waals surface area contributed by atoms with Gasteiger partial charge in [-0.2, -0.15) is 0 Å². The average Bonchev–Trinajstić information content (AvgIpc) is 3.11. The monoisotopic (exact) mass is 462 g/mol. The molecule has 1 amide bonds. The molecule has 0 spiro atoms. The number of nitrogen functional groups attached to an aromatic ring is 1. The second-order valence-corrected chi connectivity index (χ2v) is 7.59. The van der Waals surface area contributed by atoms with Crippen LogP contribution in [0.5, 0.6) is 0 Å². The number of nitrogens with zero attached hydrogens (tertiary/aromatic N) is 3. The molecule has 0 bridgehead atoms. The van der Waals surface area contributed by atoms with E-state index in [9.17, 15) is 23.6 Å². The van der Waals surface area contributed by atoms with Gasteiger partial charge in [0.2, 0.25) is 6.61 Å². The first-order valence-corrected chi connectivity index (χ1v) is 9.44. The molecular formula is C16H19FN4O9S. The van der Waals surface area contributed by atoms with Gasteiger partial charge >= 0.3 is 11.9 Å². The number of carbonyl (C=O) groups excluding carboxylic acids is 2. The molecule has 0 aromatic carbocycles. The number of carboxylic acids is 2. The minimum atomic E-state index is -2.05. The molecule has 15 heteroatoms. The minimum Gasteiger partial charge on any atom is -0.479 e. The lowest BCUT2D eigenvalue weighted by Gasteiger charge is -2.52. The van der Waals surface area contributed by atoms with Gasteiger partial charge in [0.15, 0.2) is 23.5 Å². The number of carbonyl (C=O) groups is 4. The van der Waals surface area contributed by atoms with Crippen LogP contribution in [0.2, 0.25) is 0 Å². The van der Waals surface area contributed by atoms with Crippen LogP contribution in [0.25, 0.3) is 0 Å². The molecular weight excluding hydrogens is 443 g/mol. The highest BCUT2D eigenvalue weighted by atomic mass is 32.1. The summed E-state index contributed by atoms with van der Waals surface area (Å²) in [6.07, 6.45) is -2.45. The van der Waals surface area contributed by atoms with Gasteiger partial charge in [-0.15, -0.1) is 11.3 Å². The molecule has 2 rings (SSSR count). The highest BCUT2D eigenvalue weighted by Gasteiger charge is 2.57. The van der Waals surface area contributed by atoms with Crippen molar-refractivity contribution in [3.05, 3.63) is 11.1 Å². The second kappa shape index (κ2) is 9.76. The summed E-state index contributed by atoms with van der Waals surface area (Å²) in [7, 11) is 0. The van der Waals surface area contributed by atoms with Crippen LogP contribution in [0.4, 0.5) is 9.52 Å². The molecule has 13 nitrogen and oxygen atoms in total. The molecule has 31 heavy (non-hydrogen) atoms. The number of thiazole rings is 1. The van der Waals surface area contributed by atoms with E-state index in [1.54, 1.807) is 0 Å². The number of aromatic nitrogens is 1. The van der Waals surface area contributed by atoms with Crippen LogP contribution in [0.15, 0.2) is 10.5 Å². The van der Waals surface area contributed by atoms with E-state index in [0.717, 1.165) is 11.3 Å². The van der Waals surface area contributed by atoms with Crippen LogP contribution in [-0.2, 0) is 33.6 Å². The number of rotatable bonds is 12. The number of hydroxylamine groups is 2. The van der Waals surface area contributed by atoms with Crippen molar-refractivity contribution in [3.8, 4) is 0 Å². The fourth-order valence-corrected chi connectivity index (χ4v) is 3.25. The summed E-state index contributed by atoms with van der Waals surface area (Å²) in [5, 5.41) is 23.4. The number of Topliss-reactive ketones (excluding diaryl/α,β-unsaturated/α-hetero) is 1. The SMILES string of the molecule is CC1(C)[C@H](CC(=O)/C(=N\OCC(=O)O)c2csc(N)n2)C(=O)N1OC(OCF)C(=O)O. The molecule has 0 aliphatic carbocycles. The molecule has 2 heterocycles. The number of halogens is 1. The maximum atomic E-state index is 12.8. The van der Waals surface area contributed by atoms with Gasteiger partial charge in [0, 0.05) is 11.8 Å². The van der Waals surface area contributed by atoms with E-state index in [-0.39, 0.29) is 16.5 Å². The quantitative estimate of drug-likeness (QED) is 0.164. The lowest BCUT2D eigenvalue weighted by Crippen LogP contribution is -2.69. The highest BCUT2D eigenvalue weighted by molar-refractivity contribution is 7.13. The third-order valence-corrected chi connectivity index (χ3v) is 4.93. The molecule has 1 fully saturated rings. The van der Waals surface area contributed by atoms with E-state index in [1.807, 2.05) is 0 Å². The van der Waals surface area contributed by atoms with Crippen LogP contribution < -0.4 is 5.73 Å². The zero-order valence-electron chi connectivity index (χ0n) is 16.3. The molecule has 1 saturated heterocycles. The maximum absolute atomic E-state index is 12.8. The molecule has 1 aromatic heterocycles. The summed E-state index contributed by atoms with van der Waals surface area (Å²) in [6, 6.07) is 0. The van der Waals surface area contributed by atoms with Crippen molar-refractivity contribution in [3.63, 3.8) is 0 Å². The number of ether oxygens (including phenoxy) is 1. The smallest absolute Gasteiger partial charge is 0.363 e. The molecule has 1 aliphatic rings. The largest absolute Gasteiger partial charge is 0.479 e. The standard InChI is InChI=1S/C16H19FN4O9S/c1-16(2)7(12(25)21(16)30-14(13(26)27)28-6-17)3-9(22)11(20-29-4-10(23)24)8-5-31-15(18)19-8/h5,7,14H,3-4,6H2,1-2H3,(H2,18,19)(H,23,24)(H,26,27)/b20-11-/t7-,14?/m1/s1. The van der Waals surface area contributed by atoms with Gasteiger partial charge in [-0.1, -0.05) is 5.16 Å². The normalized spacial score (nSPS) is 18.9. The number of hydrogen-bond acceptors (Lipinski definition) is 11. The Morgan fingerprint density at radius 3 is 2.58 bits per heavy atom. The van der Waals surface area contributed by atoms with Crippen molar-refractivity contribution < 1.29 is 48.2 Å². The molecule has 1 unspecified atom stereocenters. The van der Waals surface area contributed by atoms with E-state index < -0.39 is 61.3 Å². The van der Waals surface area contributed by atoms with Gasteiger partial charge in [0.05, 0.1) is 11.5 Å². The summed E-state index contributed by atoms with van der Waals surface area (Å²) in [5.41, 5.74) is 4.10. The third kappa shape index (κ3) is 5.50. The Morgan fingerprint density at radius 1 is 1.42 bits per heavy atom. The van der Waals surface area contributed by atoms with Gasteiger partial charge < -0.3 is 25.5 Å². The second-order valence-electron chi connectivity index (χ2n) is 6.70. The summed E-state index contributed by atoms with van der Waals surface area (Å²) >= 11 is 1.01. The first-order chi connectivity index (χ1) is 14.5. The summed E-state index contributed by atoms with van der Waals surface area (Å²) < 4.78 is 16.6. The lowest BCUT2D eigenvalue weighted by atomic mass is 9.74. The van der Waals surface area contributed by atoms with Gasteiger partial charge in [0.25, 0.3) is 12.2 Å². The predicted molar refractivity (Wildman–Crippen MR) is 100 cm³/mol. The van der Waals surface area contributed by atoms with Crippen LogP contribution >= 0.6 is 11.3 Å². The summed E-state index contributed by atoms with van der Waals surface area (Å²) in [6.45, 7) is 0.740. The van der Waals surface area contributed by atoms with Gasteiger partial charge in [-0.05, 0) is 13.8 Å². The molecule has 0 radical (unpaired) electrons. The van der Waals surface area contributed by atoms with Crippen molar-refractivity contribution in [2.24, 2.45) is 11.1 Å². The number of nitrogens with two attached hydrogens (primary N) is 1. The van der Waals surface area contributed by atoms with Crippen molar-refractivity contribution in [1.82, 2.24) is 10.0 Å². The van der Waals surface area contributed by atoms with Crippen LogP contribution in [-0.4, -0.2) is 74.9 Å². The van der Waals surface area contributed by atoms with Crippen LogP contribution in [0.3, 0.4) is 0 Å². The topological polar surface area (TPSA) is 191 Å². The Hall–Kier alpha value is -3.17. The Morgan fingerprint density at radius 2 is 2.10 bits per heavy atom. The summed E-state index contributed by atoms with van der Waals surface area (Å²) in [5.74, 6) is -5.36. The van der Waals surface area contributed by atoms with E-state index in [0.29, 0.717) is 5.06 Å². The zero-order valence-corrected chi connectivity index (χ0v) is 17.1. The number of oxime groups is 1. The Bertz CT molecular complexity index is 903. The number of aliphatic carboxylic acids is 2. The van der Waals surface area contributed by atoms with Crippen molar-refractivity contribution >= 4 is 45.8 Å². The van der Waals surface area contributed by atoms with E-state index in [4.69, 9.17) is 20.8 Å². The summed E-state index contributed by atoms with van der Waals surface area (Å²) in [4.78, 5) is 60.4. The van der Waals surface area contributed by atoms with Crippen molar-refractivity contribution in [2.75, 3.05) is 19.2 Å². The Balaban J connectivity index is 2.15. The fourth-order valence-electron chi connectivity index (χ4n) is 2.70. The van der Waals surface area contributed by atoms with Crippen LogP contribution in [0, 0.1) is 5.92 Å². The first kappa shape index (κ1) is 24.1. The van der Waals surface area contributed by atoms with Crippen LogP contribution in [0.1, 0.15) is 26.0 Å². The number of carboxylic acid groups (broad SMARTS) is 2. The molecule has 1 aliphatic heterocycles. The molecule has 0 saturated carbocycles. The number of hydrogen-bond donors (Lipinski definition) is 3. The Kier molecular flexibility index (Phi) is 7.59.